The molecule has 25 heavy (non-hydrogen) atoms. The Balaban J connectivity index is 1.94. The summed E-state index contributed by atoms with van der Waals surface area (Å²) in [5.41, 5.74) is 2.52. The van der Waals surface area contributed by atoms with Gasteiger partial charge in [-0.2, -0.15) is 5.26 Å². The van der Waals surface area contributed by atoms with Crippen LogP contribution in [0.5, 0.6) is 0 Å². The topological polar surface area (TPSA) is 64.9 Å². The van der Waals surface area contributed by atoms with Crippen molar-refractivity contribution in [1.29, 1.82) is 5.26 Å². The molecule has 2 aromatic carbocycles. The molecular formula is C19H17BrClN3O. The number of benzene rings is 2. The number of halogens is 2. The van der Waals surface area contributed by atoms with Crippen molar-refractivity contribution in [2.24, 2.45) is 0 Å². The third-order valence-corrected chi connectivity index (χ3v) is 4.48. The van der Waals surface area contributed by atoms with Crippen molar-refractivity contribution >= 4 is 39.1 Å². The number of nitrogens with one attached hydrogen (secondary N) is 2. The summed E-state index contributed by atoms with van der Waals surface area (Å²) in [5.74, 6) is -0.470. The van der Waals surface area contributed by atoms with Gasteiger partial charge >= 0.3 is 0 Å². The zero-order valence-corrected chi connectivity index (χ0v) is 16.0. The highest BCUT2D eigenvalue weighted by molar-refractivity contribution is 9.10. The fraction of sp³-hybridized carbons (Fsp3) is 0.158. The zero-order chi connectivity index (χ0) is 18.2. The van der Waals surface area contributed by atoms with Crippen molar-refractivity contribution in [3.05, 3.63) is 74.9 Å². The highest BCUT2D eigenvalue weighted by atomic mass is 79.9. The standard InChI is InChI=1S/C19H17BrClN3O/c1-13-17(21)6-3-7-18(13)24-19(25)15(11-22)12-23-9-8-14-4-2-5-16(20)10-14/h2-7,10,12,23H,8-9H2,1H3,(H,24,25)/b15-12-. The molecule has 2 N–H and O–H groups in total. The normalized spacial score (nSPS) is 10.9. The summed E-state index contributed by atoms with van der Waals surface area (Å²) in [6, 6.07) is 15.1. The van der Waals surface area contributed by atoms with E-state index in [9.17, 15) is 10.1 Å². The highest BCUT2D eigenvalue weighted by Crippen LogP contribution is 2.23. The third-order valence-electron chi connectivity index (χ3n) is 3.57. The molecule has 0 unspecified atom stereocenters. The highest BCUT2D eigenvalue weighted by Gasteiger charge is 2.11. The minimum Gasteiger partial charge on any atom is -0.389 e. The van der Waals surface area contributed by atoms with Crippen LogP contribution in [0.15, 0.2) is 58.7 Å². The second-order valence-corrected chi connectivity index (χ2v) is 6.69. The monoisotopic (exact) mass is 417 g/mol. The quantitative estimate of drug-likeness (QED) is 0.410. The molecule has 0 aliphatic heterocycles. The van der Waals surface area contributed by atoms with Crippen LogP contribution in [-0.2, 0) is 11.2 Å². The Kier molecular flexibility index (Phi) is 7.05. The predicted molar refractivity (Wildman–Crippen MR) is 104 cm³/mol. The first-order chi connectivity index (χ1) is 12.0. The predicted octanol–water partition coefficient (Wildman–Crippen LogP) is 4.59. The summed E-state index contributed by atoms with van der Waals surface area (Å²) >= 11 is 9.47. The van der Waals surface area contributed by atoms with E-state index in [2.05, 4.69) is 26.6 Å². The summed E-state index contributed by atoms with van der Waals surface area (Å²) in [5, 5.41) is 15.5. The molecule has 0 atom stereocenters. The summed E-state index contributed by atoms with van der Waals surface area (Å²) in [6.45, 7) is 2.43. The van der Waals surface area contributed by atoms with E-state index < -0.39 is 5.91 Å². The Morgan fingerprint density at radius 3 is 2.80 bits per heavy atom. The van der Waals surface area contributed by atoms with Gasteiger partial charge in [0.15, 0.2) is 0 Å². The first-order valence-corrected chi connectivity index (χ1v) is 8.83. The number of nitrogens with zero attached hydrogens (tertiary/aromatic N) is 1. The van der Waals surface area contributed by atoms with E-state index in [0.29, 0.717) is 17.3 Å². The van der Waals surface area contributed by atoms with Gasteiger partial charge in [0.05, 0.1) is 0 Å². The van der Waals surface area contributed by atoms with Crippen molar-refractivity contribution in [2.45, 2.75) is 13.3 Å². The molecule has 0 aliphatic carbocycles. The van der Waals surface area contributed by atoms with E-state index in [-0.39, 0.29) is 5.57 Å². The van der Waals surface area contributed by atoms with Gasteiger partial charge in [-0.05, 0) is 48.7 Å². The summed E-state index contributed by atoms with van der Waals surface area (Å²) in [6.07, 6.45) is 2.22. The van der Waals surface area contributed by atoms with E-state index in [1.165, 1.54) is 6.20 Å². The Bertz CT molecular complexity index is 843. The summed E-state index contributed by atoms with van der Waals surface area (Å²) in [7, 11) is 0. The molecule has 2 aromatic rings. The van der Waals surface area contributed by atoms with Crippen LogP contribution < -0.4 is 10.6 Å². The number of hydrogen-bond acceptors (Lipinski definition) is 3. The van der Waals surface area contributed by atoms with Gasteiger partial charge in [-0.3, -0.25) is 4.79 Å². The molecule has 0 aromatic heterocycles. The van der Waals surface area contributed by atoms with Crippen molar-refractivity contribution in [3.8, 4) is 6.07 Å². The van der Waals surface area contributed by atoms with Gasteiger partial charge in [0.2, 0.25) is 0 Å². The lowest BCUT2D eigenvalue weighted by Gasteiger charge is -2.09. The molecule has 0 spiro atoms. The van der Waals surface area contributed by atoms with Crippen molar-refractivity contribution in [2.75, 3.05) is 11.9 Å². The molecule has 128 valence electrons. The van der Waals surface area contributed by atoms with Crippen LogP contribution in [0.3, 0.4) is 0 Å². The summed E-state index contributed by atoms with van der Waals surface area (Å²) in [4.78, 5) is 12.2. The number of amides is 1. The van der Waals surface area contributed by atoms with Crippen LogP contribution in [0.4, 0.5) is 5.69 Å². The lowest BCUT2D eigenvalue weighted by Crippen LogP contribution is -2.18. The Morgan fingerprint density at radius 1 is 1.32 bits per heavy atom. The van der Waals surface area contributed by atoms with Gasteiger partial charge in [-0.15, -0.1) is 0 Å². The molecule has 0 radical (unpaired) electrons. The maximum atomic E-state index is 12.2. The first kappa shape index (κ1) is 19.0. The fourth-order valence-electron chi connectivity index (χ4n) is 2.16. The second-order valence-electron chi connectivity index (χ2n) is 5.37. The molecule has 4 nitrogen and oxygen atoms in total. The lowest BCUT2D eigenvalue weighted by molar-refractivity contribution is -0.112. The van der Waals surface area contributed by atoms with E-state index in [0.717, 1.165) is 22.0 Å². The van der Waals surface area contributed by atoms with Crippen LogP contribution in [0.2, 0.25) is 5.02 Å². The molecule has 2 rings (SSSR count). The smallest absolute Gasteiger partial charge is 0.267 e. The first-order valence-electron chi connectivity index (χ1n) is 7.66. The molecule has 0 saturated carbocycles. The van der Waals surface area contributed by atoms with Crippen LogP contribution in [0.1, 0.15) is 11.1 Å². The molecule has 0 aliphatic rings. The van der Waals surface area contributed by atoms with Crippen molar-refractivity contribution < 1.29 is 4.79 Å². The largest absolute Gasteiger partial charge is 0.389 e. The van der Waals surface area contributed by atoms with Crippen LogP contribution >= 0.6 is 27.5 Å². The maximum absolute atomic E-state index is 12.2. The van der Waals surface area contributed by atoms with Crippen molar-refractivity contribution in [3.63, 3.8) is 0 Å². The number of anilines is 1. The van der Waals surface area contributed by atoms with Crippen LogP contribution in [0, 0.1) is 18.3 Å². The minimum atomic E-state index is -0.470. The Hall–Kier alpha value is -2.29. The molecule has 0 fully saturated rings. The lowest BCUT2D eigenvalue weighted by atomic mass is 10.1. The van der Waals surface area contributed by atoms with Crippen LogP contribution in [-0.4, -0.2) is 12.5 Å². The maximum Gasteiger partial charge on any atom is 0.267 e. The number of hydrogen-bond donors (Lipinski definition) is 2. The second kappa shape index (κ2) is 9.26. The van der Waals surface area contributed by atoms with Gasteiger partial charge in [0, 0.05) is 27.9 Å². The third kappa shape index (κ3) is 5.63. The Morgan fingerprint density at radius 2 is 2.08 bits per heavy atom. The van der Waals surface area contributed by atoms with E-state index in [1.54, 1.807) is 18.2 Å². The number of carbonyl (C=O) groups is 1. The SMILES string of the molecule is Cc1c(Cl)cccc1NC(=O)/C(C#N)=C\NCCc1cccc(Br)c1. The van der Waals surface area contributed by atoms with Crippen LogP contribution in [0.25, 0.3) is 0 Å². The Labute approximate surface area is 160 Å². The average Bonchev–Trinajstić information content (AvgIpc) is 2.59. The summed E-state index contributed by atoms with van der Waals surface area (Å²) < 4.78 is 1.02. The molecule has 1 amide bonds. The van der Waals surface area contributed by atoms with E-state index in [4.69, 9.17) is 11.6 Å². The van der Waals surface area contributed by atoms with Crippen molar-refractivity contribution in [1.82, 2.24) is 5.32 Å². The number of carbonyl (C=O) groups excluding carboxylic acids is 1. The molecule has 0 heterocycles. The number of rotatable bonds is 6. The molecular weight excluding hydrogens is 402 g/mol. The van der Waals surface area contributed by atoms with Gasteiger partial charge in [-0.1, -0.05) is 45.7 Å². The molecule has 0 bridgehead atoms. The van der Waals surface area contributed by atoms with Gasteiger partial charge in [-0.25, -0.2) is 0 Å². The number of nitriles is 1. The minimum absolute atomic E-state index is 0.00798. The van der Waals surface area contributed by atoms with Gasteiger partial charge in [0.1, 0.15) is 11.6 Å². The van der Waals surface area contributed by atoms with Gasteiger partial charge in [0.25, 0.3) is 5.91 Å². The van der Waals surface area contributed by atoms with E-state index >= 15 is 0 Å². The average molecular weight is 419 g/mol. The molecule has 0 saturated heterocycles. The van der Waals surface area contributed by atoms with Gasteiger partial charge < -0.3 is 10.6 Å². The fourth-order valence-corrected chi connectivity index (χ4v) is 2.79. The van der Waals surface area contributed by atoms with E-state index in [1.807, 2.05) is 37.3 Å². The molecule has 6 heteroatoms. The zero-order valence-electron chi connectivity index (χ0n) is 13.6.